The van der Waals surface area contributed by atoms with E-state index in [4.69, 9.17) is 5.11 Å². The summed E-state index contributed by atoms with van der Waals surface area (Å²) >= 11 is 1.46. The van der Waals surface area contributed by atoms with Gasteiger partial charge in [0, 0.05) is 18.0 Å². The van der Waals surface area contributed by atoms with Crippen LogP contribution in [0.25, 0.3) is 0 Å². The average Bonchev–Trinajstić information content (AvgIpc) is 2.89. The first kappa shape index (κ1) is 14.4. The van der Waals surface area contributed by atoms with Gasteiger partial charge in [-0.15, -0.1) is 11.3 Å². The fourth-order valence-electron chi connectivity index (χ4n) is 2.10. The van der Waals surface area contributed by atoms with Gasteiger partial charge in [0.1, 0.15) is 6.04 Å². The summed E-state index contributed by atoms with van der Waals surface area (Å²) in [7, 11) is -3.74. The fourth-order valence-corrected chi connectivity index (χ4v) is 4.24. The lowest BCUT2D eigenvalue weighted by molar-refractivity contribution is -0.142. The summed E-state index contributed by atoms with van der Waals surface area (Å²) in [6.07, 6.45) is 1.81. The molecule has 0 radical (unpaired) electrons. The van der Waals surface area contributed by atoms with Gasteiger partial charge in [-0.25, -0.2) is 0 Å². The number of aliphatic carboxylic acids is 1. The Hall–Kier alpha value is -0.960. The Morgan fingerprint density at radius 1 is 1.53 bits per heavy atom. The highest BCUT2D eigenvalue weighted by atomic mass is 32.2. The van der Waals surface area contributed by atoms with E-state index in [-0.39, 0.29) is 13.1 Å². The number of carbonyl (C=O) groups is 1. The van der Waals surface area contributed by atoms with Gasteiger partial charge in [-0.05, 0) is 30.7 Å². The van der Waals surface area contributed by atoms with E-state index in [2.05, 4.69) is 4.72 Å². The van der Waals surface area contributed by atoms with Crippen LogP contribution in [0.3, 0.4) is 0 Å². The average molecular weight is 304 g/mol. The summed E-state index contributed by atoms with van der Waals surface area (Å²) in [5.41, 5.74) is 0. The van der Waals surface area contributed by atoms with Crippen molar-refractivity contribution in [3.05, 3.63) is 22.4 Å². The van der Waals surface area contributed by atoms with E-state index in [1.807, 2.05) is 17.5 Å². The summed E-state index contributed by atoms with van der Waals surface area (Å²) < 4.78 is 27.8. The second-order valence-electron chi connectivity index (χ2n) is 4.37. The summed E-state index contributed by atoms with van der Waals surface area (Å²) in [6, 6.07) is 2.72. The molecule has 0 aliphatic carbocycles. The van der Waals surface area contributed by atoms with Crippen LogP contribution in [-0.2, 0) is 21.5 Å². The molecule has 0 spiro atoms. The third kappa shape index (κ3) is 3.53. The SMILES string of the molecule is O=C(O)C1CCCCN1S(=O)(=O)NCc1cccs1. The van der Waals surface area contributed by atoms with Crippen molar-refractivity contribution in [2.45, 2.75) is 31.8 Å². The topological polar surface area (TPSA) is 86.7 Å². The number of rotatable bonds is 5. The molecule has 0 aromatic carbocycles. The summed E-state index contributed by atoms with van der Waals surface area (Å²) in [4.78, 5) is 12.0. The number of thiophene rings is 1. The molecule has 2 N–H and O–H groups in total. The summed E-state index contributed by atoms with van der Waals surface area (Å²) in [6.45, 7) is 0.458. The van der Waals surface area contributed by atoms with Gasteiger partial charge in [0.15, 0.2) is 0 Å². The Kier molecular flexibility index (Phi) is 4.56. The minimum Gasteiger partial charge on any atom is -0.480 e. The molecule has 1 unspecified atom stereocenters. The maximum Gasteiger partial charge on any atom is 0.322 e. The Bertz CT molecular complexity index is 527. The third-order valence-corrected chi connectivity index (χ3v) is 5.50. The molecule has 1 aliphatic heterocycles. The summed E-state index contributed by atoms with van der Waals surface area (Å²) in [5.74, 6) is -1.08. The lowest BCUT2D eigenvalue weighted by Gasteiger charge is -2.31. The van der Waals surface area contributed by atoms with E-state index >= 15 is 0 Å². The minimum absolute atomic E-state index is 0.197. The fraction of sp³-hybridized carbons (Fsp3) is 0.545. The molecule has 0 saturated carbocycles. The number of hydrogen-bond donors (Lipinski definition) is 2. The molecule has 19 heavy (non-hydrogen) atoms. The van der Waals surface area contributed by atoms with Gasteiger partial charge >= 0.3 is 5.97 Å². The van der Waals surface area contributed by atoms with E-state index in [0.29, 0.717) is 12.8 Å². The number of nitrogens with zero attached hydrogens (tertiary/aromatic N) is 1. The quantitative estimate of drug-likeness (QED) is 0.850. The van der Waals surface area contributed by atoms with Crippen LogP contribution in [0.5, 0.6) is 0 Å². The molecule has 1 aromatic rings. The highest BCUT2D eigenvalue weighted by Gasteiger charge is 2.36. The van der Waals surface area contributed by atoms with Gasteiger partial charge in [-0.3, -0.25) is 4.79 Å². The smallest absolute Gasteiger partial charge is 0.322 e. The zero-order valence-corrected chi connectivity index (χ0v) is 11.9. The minimum atomic E-state index is -3.74. The first-order valence-corrected chi connectivity index (χ1v) is 8.34. The van der Waals surface area contributed by atoms with Crippen LogP contribution in [-0.4, -0.2) is 36.4 Å². The van der Waals surface area contributed by atoms with E-state index in [9.17, 15) is 13.2 Å². The number of carboxylic acids is 1. The number of nitrogens with one attached hydrogen (secondary N) is 1. The number of piperidine rings is 1. The predicted molar refractivity (Wildman–Crippen MR) is 72.1 cm³/mol. The van der Waals surface area contributed by atoms with E-state index in [1.54, 1.807) is 0 Å². The Morgan fingerprint density at radius 3 is 2.95 bits per heavy atom. The lowest BCUT2D eigenvalue weighted by atomic mass is 10.1. The van der Waals surface area contributed by atoms with Crippen LogP contribution in [0.4, 0.5) is 0 Å². The lowest BCUT2D eigenvalue weighted by Crippen LogP contribution is -2.51. The van der Waals surface area contributed by atoms with E-state index in [1.165, 1.54) is 11.3 Å². The zero-order chi connectivity index (χ0) is 13.9. The highest BCUT2D eigenvalue weighted by Crippen LogP contribution is 2.20. The van der Waals surface area contributed by atoms with Crippen LogP contribution in [0.1, 0.15) is 24.1 Å². The maximum absolute atomic E-state index is 12.2. The van der Waals surface area contributed by atoms with Crippen molar-refractivity contribution >= 4 is 27.5 Å². The maximum atomic E-state index is 12.2. The van der Waals surface area contributed by atoms with Gasteiger partial charge in [0.05, 0.1) is 0 Å². The first-order chi connectivity index (χ1) is 9.00. The van der Waals surface area contributed by atoms with E-state index in [0.717, 1.165) is 15.6 Å². The van der Waals surface area contributed by atoms with Gasteiger partial charge in [-0.2, -0.15) is 17.4 Å². The van der Waals surface area contributed by atoms with Crippen molar-refractivity contribution < 1.29 is 18.3 Å². The highest BCUT2D eigenvalue weighted by molar-refractivity contribution is 7.87. The molecule has 2 rings (SSSR count). The predicted octanol–water partition coefficient (Wildman–Crippen LogP) is 1.02. The van der Waals surface area contributed by atoms with Crippen molar-refractivity contribution in [2.75, 3.05) is 6.54 Å². The summed E-state index contributed by atoms with van der Waals surface area (Å²) in [5, 5.41) is 11.0. The van der Waals surface area contributed by atoms with Crippen molar-refractivity contribution in [3.8, 4) is 0 Å². The van der Waals surface area contributed by atoms with Crippen LogP contribution >= 0.6 is 11.3 Å². The molecule has 6 nitrogen and oxygen atoms in total. The second kappa shape index (κ2) is 6.00. The molecule has 0 bridgehead atoms. The van der Waals surface area contributed by atoms with Gasteiger partial charge < -0.3 is 5.11 Å². The monoisotopic (exact) mass is 304 g/mol. The molecular formula is C11H16N2O4S2. The molecule has 8 heteroatoms. The molecule has 2 heterocycles. The first-order valence-electron chi connectivity index (χ1n) is 6.02. The standard InChI is InChI=1S/C11H16N2O4S2/c14-11(15)10-5-1-2-6-13(10)19(16,17)12-8-9-4-3-7-18-9/h3-4,7,10,12H,1-2,5-6,8H2,(H,14,15). The molecule has 1 aliphatic rings. The van der Waals surface area contributed by atoms with Gasteiger partial charge in [-0.1, -0.05) is 6.07 Å². The van der Waals surface area contributed by atoms with Crippen LogP contribution in [0.2, 0.25) is 0 Å². The molecule has 1 saturated heterocycles. The third-order valence-electron chi connectivity index (χ3n) is 3.06. The molecule has 1 fully saturated rings. The number of hydrogen-bond acceptors (Lipinski definition) is 4. The van der Waals surface area contributed by atoms with Crippen LogP contribution in [0, 0.1) is 0 Å². The molecule has 0 amide bonds. The van der Waals surface area contributed by atoms with Crippen molar-refractivity contribution in [3.63, 3.8) is 0 Å². The number of carboxylic acid groups (broad SMARTS) is 1. The normalized spacial score (nSPS) is 21.4. The van der Waals surface area contributed by atoms with E-state index < -0.39 is 22.2 Å². The Balaban J connectivity index is 2.06. The van der Waals surface area contributed by atoms with Gasteiger partial charge in [0.25, 0.3) is 10.2 Å². The Morgan fingerprint density at radius 2 is 2.32 bits per heavy atom. The van der Waals surface area contributed by atoms with Crippen LogP contribution < -0.4 is 4.72 Å². The van der Waals surface area contributed by atoms with Gasteiger partial charge in [0.2, 0.25) is 0 Å². The molecule has 106 valence electrons. The van der Waals surface area contributed by atoms with Crippen molar-refractivity contribution in [2.24, 2.45) is 0 Å². The molecule has 1 atom stereocenters. The van der Waals surface area contributed by atoms with Crippen LogP contribution in [0.15, 0.2) is 17.5 Å². The zero-order valence-electron chi connectivity index (χ0n) is 10.3. The Labute approximate surface area is 116 Å². The van der Waals surface area contributed by atoms with Crippen molar-refractivity contribution in [1.29, 1.82) is 0 Å². The second-order valence-corrected chi connectivity index (χ2v) is 7.11. The molecular weight excluding hydrogens is 288 g/mol. The van der Waals surface area contributed by atoms with Crippen molar-refractivity contribution in [1.82, 2.24) is 9.03 Å². The molecule has 1 aromatic heterocycles. The largest absolute Gasteiger partial charge is 0.480 e.